The van der Waals surface area contributed by atoms with E-state index in [9.17, 15) is 31.5 Å². The molecule has 0 heterocycles. The van der Waals surface area contributed by atoms with E-state index in [1.165, 1.54) is 36.4 Å². The molecule has 1 atom stereocenters. The average Bonchev–Trinajstić information content (AvgIpc) is 2.86. The van der Waals surface area contributed by atoms with E-state index in [0.717, 1.165) is 24.5 Å². The van der Waals surface area contributed by atoms with Crippen LogP contribution in [-0.4, -0.2) is 51.5 Å². The lowest BCUT2D eigenvalue weighted by Gasteiger charge is -2.28. The Bertz CT molecular complexity index is 1600. The predicted molar refractivity (Wildman–Crippen MR) is 147 cm³/mol. The van der Waals surface area contributed by atoms with Crippen molar-refractivity contribution in [2.45, 2.75) is 41.6 Å². The third-order valence-corrected chi connectivity index (χ3v) is 8.55. The van der Waals surface area contributed by atoms with Crippen LogP contribution in [0, 0.1) is 5.41 Å². The Hall–Kier alpha value is -3.16. The Morgan fingerprint density at radius 3 is 1.88 bits per heavy atom. The van der Waals surface area contributed by atoms with Gasteiger partial charge in [0.25, 0.3) is 0 Å². The SMILES string of the molecule is CC(C)(C)C(Oc1ccc(Cl)cc1S(=O)(=O)c1ccc(S(C)(=O)=O)cc1)C(=O)O.O=C(OO)c1cccc(Cl)c1. The van der Waals surface area contributed by atoms with Crippen molar-refractivity contribution in [2.75, 3.05) is 6.26 Å². The molecule has 0 aliphatic heterocycles. The molecule has 0 aliphatic rings. The first kappa shape index (κ1) is 33.0. The predicted octanol–water partition coefficient (Wildman–Crippen LogP) is 5.42. The molecule has 0 aromatic heterocycles. The largest absolute Gasteiger partial charge is 0.478 e. The average molecular weight is 634 g/mol. The Labute approximate surface area is 241 Å². The van der Waals surface area contributed by atoms with E-state index in [4.69, 9.17) is 33.2 Å². The zero-order valence-electron chi connectivity index (χ0n) is 21.7. The quantitative estimate of drug-likeness (QED) is 0.254. The van der Waals surface area contributed by atoms with E-state index in [1.807, 2.05) is 0 Å². The van der Waals surface area contributed by atoms with Crippen LogP contribution in [0.2, 0.25) is 10.0 Å². The Kier molecular flexibility index (Phi) is 10.7. The Morgan fingerprint density at radius 1 is 0.850 bits per heavy atom. The van der Waals surface area contributed by atoms with Gasteiger partial charge >= 0.3 is 11.9 Å². The molecular formula is C26H26Cl2O10S2. The van der Waals surface area contributed by atoms with E-state index in [2.05, 4.69) is 4.89 Å². The molecule has 0 spiro atoms. The Morgan fingerprint density at radius 2 is 1.40 bits per heavy atom. The second-order valence-corrected chi connectivity index (χ2v) is 14.2. The number of sulfone groups is 2. The maximum absolute atomic E-state index is 13.1. The van der Waals surface area contributed by atoms with Gasteiger partial charge in [-0.2, -0.15) is 5.26 Å². The van der Waals surface area contributed by atoms with Gasteiger partial charge in [0, 0.05) is 21.7 Å². The number of halogens is 2. The van der Waals surface area contributed by atoms with E-state index >= 15 is 0 Å². The van der Waals surface area contributed by atoms with Crippen LogP contribution >= 0.6 is 23.2 Å². The molecule has 216 valence electrons. The summed E-state index contributed by atoms with van der Waals surface area (Å²) in [7, 11) is -7.66. The van der Waals surface area contributed by atoms with Gasteiger partial charge in [-0.3, -0.25) is 4.89 Å². The molecule has 3 aromatic carbocycles. The first-order valence-electron chi connectivity index (χ1n) is 11.2. The maximum Gasteiger partial charge on any atom is 0.372 e. The summed E-state index contributed by atoms with van der Waals surface area (Å²) in [6, 6.07) is 14.6. The van der Waals surface area contributed by atoms with Crippen molar-refractivity contribution in [1.82, 2.24) is 0 Å². The fourth-order valence-electron chi connectivity index (χ4n) is 3.17. The summed E-state index contributed by atoms with van der Waals surface area (Å²) in [6.45, 7) is 4.96. The number of hydrogen-bond donors (Lipinski definition) is 2. The monoisotopic (exact) mass is 632 g/mol. The third kappa shape index (κ3) is 8.67. The van der Waals surface area contributed by atoms with E-state index in [0.29, 0.717) is 5.02 Å². The molecule has 0 saturated carbocycles. The molecule has 0 saturated heterocycles. The van der Waals surface area contributed by atoms with Crippen LogP contribution in [-0.2, 0) is 29.4 Å². The number of carboxylic acids is 1. The molecule has 10 nitrogen and oxygen atoms in total. The highest BCUT2D eigenvalue weighted by molar-refractivity contribution is 7.91. The van der Waals surface area contributed by atoms with Crippen LogP contribution in [0.25, 0.3) is 0 Å². The summed E-state index contributed by atoms with van der Waals surface area (Å²) in [6.07, 6.45) is -0.303. The number of ether oxygens (including phenoxy) is 1. The van der Waals surface area contributed by atoms with Gasteiger partial charge in [0.1, 0.15) is 10.6 Å². The smallest absolute Gasteiger partial charge is 0.372 e. The van der Waals surface area contributed by atoms with Crippen molar-refractivity contribution >= 4 is 54.8 Å². The molecule has 40 heavy (non-hydrogen) atoms. The highest BCUT2D eigenvalue weighted by Gasteiger charge is 2.35. The van der Waals surface area contributed by atoms with Gasteiger partial charge in [0.15, 0.2) is 15.9 Å². The highest BCUT2D eigenvalue weighted by Crippen LogP contribution is 2.35. The van der Waals surface area contributed by atoms with Gasteiger partial charge in [0.2, 0.25) is 9.84 Å². The van der Waals surface area contributed by atoms with Gasteiger partial charge in [-0.1, -0.05) is 50.0 Å². The summed E-state index contributed by atoms with van der Waals surface area (Å²) in [5, 5.41) is 18.0. The summed E-state index contributed by atoms with van der Waals surface area (Å²) < 4.78 is 55.0. The molecule has 2 N–H and O–H groups in total. The number of rotatable bonds is 7. The van der Waals surface area contributed by atoms with E-state index < -0.39 is 43.1 Å². The van der Waals surface area contributed by atoms with Crippen LogP contribution in [0.5, 0.6) is 5.75 Å². The van der Waals surface area contributed by atoms with Gasteiger partial charge in [-0.05, 0) is 60.7 Å². The second kappa shape index (κ2) is 13.0. The van der Waals surface area contributed by atoms with Crippen molar-refractivity contribution in [3.63, 3.8) is 0 Å². The van der Waals surface area contributed by atoms with Crippen molar-refractivity contribution in [3.8, 4) is 5.75 Å². The lowest BCUT2D eigenvalue weighted by molar-refractivity contribution is -0.182. The molecule has 3 aromatic rings. The molecule has 14 heteroatoms. The van der Waals surface area contributed by atoms with Crippen LogP contribution in [0.4, 0.5) is 0 Å². The first-order chi connectivity index (χ1) is 18.4. The van der Waals surface area contributed by atoms with E-state index in [-0.39, 0.29) is 31.0 Å². The molecule has 3 rings (SSSR count). The molecule has 0 fully saturated rings. The zero-order valence-corrected chi connectivity index (χ0v) is 24.8. The van der Waals surface area contributed by atoms with Gasteiger partial charge < -0.3 is 9.84 Å². The minimum absolute atomic E-state index is 0.0299. The fourth-order valence-corrected chi connectivity index (χ4v) is 5.64. The number of hydrogen-bond acceptors (Lipinski definition) is 9. The van der Waals surface area contributed by atoms with Gasteiger partial charge in [0.05, 0.1) is 15.4 Å². The third-order valence-electron chi connectivity index (χ3n) is 5.16. The number of carboxylic acid groups (broad SMARTS) is 1. The summed E-state index contributed by atoms with van der Waals surface area (Å²) in [4.78, 5) is 25.2. The standard InChI is InChI=1S/C19H21ClO7S2.C7H5ClO3/c1-19(2,3)17(18(21)22)27-15-10-5-12(20)11-16(15)29(25,26)14-8-6-13(7-9-14)28(4,23)24;8-6-3-1-2-5(4-6)7(9)11-10/h5-11,17H,1-4H3,(H,21,22);1-4,10H. The van der Waals surface area contributed by atoms with Crippen LogP contribution in [0.15, 0.2) is 81.4 Å². The van der Waals surface area contributed by atoms with Crippen molar-refractivity contribution in [1.29, 1.82) is 0 Å². The molecule has 0 bridgehead atoms. The molecule has 1 unspecified atom stereocenters. The molecular weight excluding hydrogens is 607 g/mol. The second-order valence-electron chi connectivity index (χ2n) is 9.43. The summed E-state index contributed by atoms with van der Waals surface area (Å²) in [5.41, 5.74) is -0.594. The lowest BCUT2D eigenvalue weighted by Crippen LogP contribution is -2.39. The van der Waals surface area contributed by atoms with Crippen LogP contribution < -0.4 is 4.74 Å². The molecule has 0 radical (unpaired) electrons. The number of benzene rings is 3. The maximum atomic E-state index is 13.1. The Balaban J connectivity index is 0.000000425. The van der Waals surface area contributed by atoms with Crippen molar-refractivity contribution in [3.05, 3.63) is 82.3 Å². The van der Waals surface area contributed by atoms with Gasteiger partial charge in [-0.15, -0.1) is 0 Å². The lowest BCUT2D eigenvalue weighted by atomic mass is 9.89. The van der Waals surface area contributed by atoms with Crippen LogP contribution in [0.3, 0.4) is 0 Å². The summed E-state index contributed by atoms with van der Waals surface area (Å²) >= 11 is 11.5. The zero-order chi connectivity index (χ0) is 30.5. The molecule has 0 amide bonds. The van der Waals surface area contributed by atoms with E-state index in [1.54, 1.807) is 32.9 Å². The minimum atomic E-state index is -4.17. The number of carbonyl (C=O) groups is 2. The number of aliphatic carboxylic acids is 1. The van der Waals surface area contributed by atoms with Gasteiger partial charge in [-0.25, -0.2) is 26.4 Å². The highest BCUT2D eigenvalue weighted by atomic mass is 35.5. The van der Waals surface area contributed by atoms with Crippen LogP contribution in [0.1, 0.15) is 31.1 Å². The molecule has 0 aliphatic carbocycles. The first-order valence-corrected chi connectivity index (χ1v) is 15.4. The topological polar surface area (TPSA) is 161 Å². The minimum Gasteiger partial charge on any atom is -0.478 e. The fraction of sp³-hybridized carbons (Fsp3) is 0.231. The van der Waals surface area contributed by atoms with Crippen molar-refractivity contribution < 1.29 is 46.4 Å². The normalized spacial score (nSPS) is 12.5. The van der Waals surface area contributed by atoms with Crippen molar-refractivity contribution in [2.24, 2.45) is 5.41 Å². The number of carbonyl (C=O) groups excluding carboxylic acids is 1. The summed E-state index contributed by atoms with van der Waals surface area (Å²) in [5.74, 6) is -2.22.